The van der Waals surface area contributed by atoms with Crippen molar-refractivity contribution in [3.8, 4) is 5.75 Å². The van der Waals surface area contributed by atoms with Crippen molar-refractivity contribution in [2.24, 2.45) is 5.41 Å². The molecule has 3 amide bonds. The van der Waals surface area contributed by atoms with E-state index in [0.29, 0.717) is 55.9 Å². The number of ether oxygens (including phenoxy) is 2. The molecule has 1 unspecified atom stereocenters. The minimum absolute atomic E-state index is 0.0398. The van der Waals surface area contributed by atoms with Gasteiger partial charge in [-0.05, 0) is 37.5 Å². The standard InChI is InChI=1S/C20H25N3O5/c1-22-11-14(27-2)10-20(19(22)26)5-7-23(8-6-20)18(25)13-3-4-15-16(9-13)28-12-17(24)21-15/h3-4,9,14H,5-8,10-12H2,1-2H3,(H,21,24). The van der Waals surface area contributed by atoms with Crippen LogP contribution in [0.5, 0.6) is 5.75 Å². The number of likely N-dealkylation sites (tertiary alicyclic amines) is 2. The molecule has 2 saturated heterocycles. The average Bonchev–Trinajstić information content (AvgIpc) is 2.71. The van der Waals surface area contributed by atoms with Gasteiger partial charge in [-0.1, -0.05) is 0 Å². The van der Waals surface area contributed by atoms with Gasteiger partial charge in [0.2, 0.25) is 5.91 Å². The molecule has 3 aliphatic heterocycles. The molecule has 150 valence electrons. The van der Waals surface area contributed by atoms with Gasteiger partial charge in [0.1, 0.15) is 5.75 Å². The maximum Gasteiger partial charge on any atom is 0.262 e. The van der Waals surface area contributed by atoms with Crippen molar-refractivity contribution in [3.05, 3.63) is 23.8 Å². The zero-order valence-corrected chi connectivity index (χ0v) is 16.2. The van der Waals surface area contributed by atoms with E-state index < -0.39 is 5.41 Å². The van der Waals surface area contributed by atoms with E-state index in [4.69, 9.17) is 9.47 Å². The SMILES string of the molecule is COC1CN(C)C(=O)C2(CCN(C(=O)c3ccc4c(c3)OCC(=O)N4)CC2)C1. The van der Waals surface area contributed by atoms with Crippen molar-refractivity contribution in [2.45, 2.75) is 25.4 Å². The Morgan fingerprint density at radius 2 is 2.04 bits per heavy atom. The number of hydrogen-bond donors (Lipinski definition) is 1. The number of amides is 3. The van der Waals surface area contributed by atoms with Crippen LogP contribution in [0.3, 0.4) is 0 Å². The minimum atomic E-state index is -0.437. The molecule has 1 spiro atoms. The summed E-state index contributed by atoms with van der Waals surface area (Å²) in [6, 6.07) is 5.05. The lowest BCUT2D eigenvalue weighted by molar-refractivity contribution is -0.155. The highest BCUT2D eigenvalue weighted by Crippen LogP contribution is 2.41. The normalized spacial score (nSPS) is 23.9. The molecule has 2 fully saturated rings. The third-order valence-electron chi connectivity index (χ3n) is 6.10. The minimum Gasteiger partial charge on any atom is -0.482 e. The number of likely N-dealkylation sites (N-methyl/N-ethyl adjacent to an activating group) is 1. The van der Waals surface area contributed by atoms with Crippen LogP contribution in [0.2, 0.25) is 0 Å². The summed E-state index contributed by atoms with van der Waals surface area (Å²) in [6.45, 7) is 1.63. The Kier molecular flexibility index (Phi) is 4.74. The Morgan fingerprint density at radius 3 is 2.75 bits per heavy atom. The second-order valence-electron chi connectivity index (χ2n) is 7.87. The van der Waals surface area contributed by atoms with Gasteiger partial charge in [-0.2, -0.15) is 0 Å². The smallest absolute Gasteiger partial charge is 0.262 e. The van der Waals surface area contributed by atoms with Gasteiger partial charge in [0.15, 0.2) is 6.61 Å². The molecule has 0 aromatic heterocycles. The first-order valence-electron chi connectivity index (χ1n) is 9.56. The Labute approximate surface area is 163 Å². The Hall–Kier alpha value is -2.61. The molecule has 0 aliphatic carbocycles. The monoisotopic (exact) mass is 387 g/mol. The van der Waals surface area contributed by atoms with Gasteiger partial charge >= 0.3 is 0 Å². The molecule has 1 aromatic rings. The summed E-state index contributed by atoms with van der Waals surface area (Å²) in [5, 5.41) is 2.72. The number of carbonyl (C=O) groups excluding carboxylic acids is 3. The topological polar surface area (TPSA) is 88.2 Å². The zero-order chi connectivity index (χ0) is 19.9. The largest absolute Gasteiger partial charge is 0.482 e. The first kappa shape index (κ1) is 18.7. The fraction of sp³-hybridized carbons (Fsp3) is 0.550. The predicted octanol–water partition coefficient (Wildman–Crippen LogP) is 1.12. The number of benzene rings is 1. The van der Waals surface area contributed by atoms with Crippen LogP contribution in [0, 0.1) is 5.41 Å². The fourth-order valence-corrected chi connectivity index (χ4v) is 4.48. The Balaban J connectivity index is 1.46. The lowest BCUT2D eigenvalue weighted by Crippen LogP contribution is -2.57. The second kappa shape index (κ2) is 7.09. The van der Waals surface area contributed by atoms with Crippen LogP contribution in [0.1, 0.15) is 29.6 Å². The summed E-state index contributed by atoms with van der Waals surface area (Å²) in [5.41, 5.74) is 0.660. The summed E-state index contributed by atoms with van der Waals surface area (Å²) < 4.78 is 10.9. The lowest BCUT2D eigenvalue weighted by atomic mass is 9.71. The van der Waals surface area contributed by atoms with Gasteiger partial charge in [0, 0.05) is 39.4 Å². The van der Waals surface area contributed by atoms with E-state index in [-0.39, 0.29) is 30.4 Å². The number of piperidine rings is 2. The van der Waals surface area contributed by atoms with Crippen molar-refractivity contribution >= 4 is 23.4 Å². The first-order valence-corrected chi connectivity index (χ1v) is 9.56. The summed E-state index contributed by atoms with van der Waals surface area (Å²) in [7, 11) is 3.50. The second-order valence-corrected chi connectivity index (χ2v) is 7.87. The van der Waals surface area contributed by atoms with Crippen LogP contribution >= 0.6 is 0 Å². The maximum atomic E-state index is 13.0. The van der Waals surface area contributed by atoms with Gasteiger partial charge in [0.25, 0.3) is 11.8 Å². The van der Waals surface area contributed by atoms with E-state index >= 15 is 0 Å². The van der Waals surface area contributed by atoms with Crippen LogP contribution < -0.4 is 10.1 Å². The number of carbonyl (C=O) groups is 3. The van der Waals surface area contributed by atoms with E-state index in [0.717, 1.165) is 0 Å². The van der Waals surface area contributed by atoms with Crippen molar-refractivity contribution in [1.82, 2.24) is 9.80 Å². The summed E-state index contributed by atoms with van der Waals surface area (Å²) in [6.07, 6.45) is 2.03. The number of rotatable bonds is 2. The summed E-state index contributed by atoms with van der Waals surface area (Å²) in [5.74, 6) is 0.374. The van der Waals surface area contributed by atoms with Crippen LogP contribution in [-0.4, -0.2) is 74.0 Å². The van der Waals surface area contributed by atoms with E-state index in [2.05, 4.69) is 5.32 Å². The van der Waals surface area contributed by atoms with Crippen LogP contribution in [0.4, 0.5) is 5.69 Å². The van der Waals surface area contributed by atoms with E-state index in [1.165, 1.54) is 0 Å². The number of anilines is 1. The van der Waals surface area contributed by atoms with Crippen LogP contribution in [-0.2, 0) is 14.3 Å². The molecule has 4 rings (SSSR count). The predicted molar refractivity (Wildman–Crippen MR) is 101 cm³/mol. The number of nitrogens with one attached hydrogen (secondary N) is 1. The Bertz CT molecular complexity index is 816. The molecule has 0 bridgehead atoms. The third-order valence-corrected chi connectivity index (χ3v) is 6.10. The average molecular weight is 387 g/mol. The quantitative estimate of drug-likeness (QED) is 0.822. The fourth-order valence-electron chi connectivity index (χ4n) is 4.48. The third kappa shape index (κ3) is 3.22. The summed E-state index contributed by atoms with van der Waals surface area (Å²) in [4.78, 5) is 40.7. The van der Waals surface area contributed by atoms with Crippen molar-refractivity contribution in [2.75, 3.05) is 45.7 Å². The molecule has 0 radical (unpaired) electrons. The first-order chi connectivity index (χ1) is 13.4. The van der Waals surface area contributed by atoms with Crippen LogP contribution in [0.25, 0.3) is 0 Å². The highest BCUT2D eigenvalue weighted by Gasteiger charge is 2.48. The molecule has 0 saturated carbocycles. The molecule has 28 heavy (non-hydrogen) atoms. The molecule has 1 aromatic carbocycles. The highest BCUT2D eigenvalue weighted by molar-refractivity contribution is 5.99. The van der Waals surface area contributed by atoms with Gasteiger partial charge in [-0.3, -0.25) is 14.4 Å². The Morgan fingerprint density at radius 1 is 1.29 bits per heavy atom. The molecule has 8 nitrogen and oxygen atoms in total. The molecule has 1 N–H and O–H groups in total. The summed E-state index contributed by atoms with van der Waals surface area (Å²) >= 11 is 0. The van der Waals surface area contributed by atoms with Crippen LogP contribution in [0.15, 0.2) is 18.2 Å². The van der Waals surface area contributed by atoms with E-state index in [1.807, 2.05) is 7.05 Å². The number of fused-ring (bicyclic) bond motifs is 1. The molecule has 3 heterocycles. The molecule has 1 atom stereocenters. The molecular formula is C20H25N3O5. The van der Waals surface area contributed by atoms with Crippen molar-refractivity contribution < 1.29 is 23.9 Å². The maximum absolute atomic E-state index is 13.0. The molecule has 3 aliphatic rings. The number of nitrogens with zero attached hydrogens (tertiary/aromatic N) is 2. The van der Waals surface area contributed by atoms with E-state index in [9.17, 15) is 14.4 Å². The molecular weight excluding hydrogens is 362 g/mol. The number of hydrogen-bond acceptors (Lipinski definition) is 5. The van der Waals surface area contributed by atoms with Gasteiger partial charge in [0.05, 0.1) is 17.2 Å². The van der Waals surface area contributed by atoms with Crippen molar-refractivity contribution in [1.29, 1.82) is 0 Å². The van der Waals surface area contributed by atoms with E-state index in [1.54, 1.807) is 35.1 Å². The zero-order valence-electron chi connectivity index (χ0n) is 16.2. The highest BCUT2D eigenvalue weighted by atomic mass is 16.5. The van der Waals surface area contributed by atoms with Crippen molar-refractivity contribution in [3.63, 3.8) is 0 Å². The van der Waals surface area contributed by atoms with Gasteiger partial charge in [-0.25, -0.2) is 0 Å². The van der Waals surface area contributed by atoms with Gasteiger partial charge < -0.3 is 24.6 Å². The lowest BCUT2D eigenvalue weighted by Gasteiger charge is -2.47. The van der Waals surface area contributed by atoms with Gasteiger partial charge in [-0.15, -0.1) is 0 Å². The number of methoxy groups -OCH3 is 1. The molecule has 8 heteroatoms.